The van der Waals surface area contributed by atoms with Gasteiger partial charge in [0.05, 0.1) is 11.8 Å². The number of rotatable bonds is 4. The van der Waals surface area contributed by atoms with Crippen molar-refractivity contribution in [3.63, 3.8) is 0 Å². The number of carbonyl (C=O) groups excluding carboxylic acids is 2. The standard InChI is InChI=1S/C25H28N2O2/c1-14-5-9-20(16(3)11-14)26-24(28)22-18-7-8-19(13-18)23(22)25(29)27-21-10-6-15(2)12-17(21)4/h5-12,18-19,22-23H,13H2,1-4H3,(H,26,28)(H,27,29)/t18-,19-,22-,23+/m0/s1. The highest BCUT2D eigenvalue weighted by Crippen LogP contribution is 2.49. The smallest absolute Gasteiger partial charge is 0.228 e. The van der Waals surface area contributed by atoms with Crippen molar-refractivity contribution in [3.05, 3.63) is 70.8 Å². The van der Waals surface area contributed by atoms with Crippen molar-refractivity contribution in [1.82, 2.24) is 0 Å². The van der Waals surface area contributed by atoms with E-state index in [1.807, 2.05) is 52.0 Å². The number of benzene rings is 2. The Morgan fingerprint density at radius 2 is 1.14 bits per heavy atom. The second-order valence-corrected chi connectivity index (χ2v) is 8.62. The number of carbonyl (C=O) groups is 2. The van der Waals surface area contributed by atoms with Crippen LogP contribution in [0.1, 0.15) is 28.7 Å². The molecular formula is C25H28N2O2. The van der Waals surface area contributed by atoms with Gasteiger partial charge in [-0.1, -0.05) is 47.5 Å². The van der Waals surface area contributed by atoms with E-state index in [0.717, 1.165) is 40.0 Å². The van der Waals surface area contributed by atoms with Crippen LogP contribution < -0.4 is 10.6 Å². The number of amides is 2. The maximum Gasteiger partial charge on any atom is 0.228 e. The van der Waals surface area contributed by atoms with E-state index in [-0.39, 0.29) is 35.5 Å². The van der Waals surface area contributed by atoms with Crippen LogP contribution in [-0.2, 0) is 9.59 Å². The molecule has 1 saturated carbocycles. The third-order valence-corrected chi connectivity index (χ3v) is 6.34. The first-order valence-corrected chi connectivity index (χ1v) is 10.3. The Balaban J connectivity index is 1.55. The summed E-state index contributed by atoms with van der Waals surface area (Å²) in [6.07, 6.45) is 5.09. The fraction of sp³-hybridized carbons (Fsp3) is 0.360. The molecule has 4 nitrogen and oxygen atoms in total. The van der Waals surface area contributed by atoms with Crippen molar-refractivity contribution in [1.29, 1.82) is 0 Å². The molecule has 2 aliphatic rings. The molecule has 0 saturated heterocycles. The highest BCUT2D eigenvalue weighted by molar-refractivity contribution is 6.01. The topological polar surface area (TPSA) is 58.2 Å². The van der Waals surface area contributed by atoms with Crippen molar-refractivity contribution in [3.8, 4) is 0 Å². The lowest BCUT2D eigenvalue weighted by Crippen LogP contribution is -2.39. The summed E-state index contributed by atoms with van der Waals surface area (Å²) < 4.78 is 0. The van der Waals surface area contributed by atoms with Crippen LogP contribution >= 0.6 is 0 Å². The van der Waals surface area contributed by atoms with Gasteiger partial charge in [0.1, 0.15) is 0 Å². The summed E-state index contributed by atoms with van der Waals surface area (Å²) in [4.78, 5) is 26.4. The summed E-state index contributed by atoms with van der Waals surface area (Å²) in [5, 5.41) is 6.16. The maximum absolute atomic E-state index is 13.2. The molecule has 0 aliphatic heterocycles. The molecule has 0 aromatic heterocycles. The molecule has 4 atom stereocenters. The Bertz CT molecular complexity index is 928. The van der Waals surface area contributed by atoms with E-state index in [9.17, 15) is 9.59 Å². The monoisotopic (exact) mass is 388 g/mol. The maximum atomic E-state index is 13.2. The van der Waals surface area contributed by atoms with Gasteiger partial charge in [0.15, 0.2) is 0 Å². The summed E-state index contributed by atoms with van der Waals surface area (Å²) in [6, 6.07) is 12.0. The number of fused-ring (bicyclic) bond motifs is 2. The van der Waals surface area contributed by atoms with Crippen LogP contribution in [-0.4, -0.2) is 11.8 Å². The Kier molecular flexibility index (Phi) is 5.03. The number of aryl methyl sites for hydroxylation is 4. The molecule has 1 fully saturated rings. The molecule has 2 N–H and O–H groups in total. The number of hydrogen-bond acceptors (Lipinski definition) is 2. The highest BCUT2D eigenvalue weighted by atomic mass is 16.2. The van der Waals surface area contributed by atoms with E-state index in [0.29, 0.717) is 0 Å². The molecule has 2 aromatic rings. The summed E-state index contributed by atoms with van der Waals surface area (Å²) in [6.45, 7) is 8.06. The number of hydrogen-bond donors (Lipinski definition) is 2. The Morgan fingerprint density at radius 3 is 1.52 bits per heavy atom. The average molecular weight is 389 g/mol. The molecule has 0 spiro atoms. The molecule has 0 unspecified atom stereocenters. The van der Waals surface area contributed by atoms with Crippen molar-refractivity contribution in [2.24, 2.45) is 23.7 Å². The second kappa shape index (κ2) is 7.51. The van der Waals surface area contributed by atoms with Crippen LogP contribution in [0.2, 0.25) is 0 Å². The van der Waals surface area contributed by atoms with E-state index in [1.54, 1.807) is 0 Å². The van der Waals surface area contributed by atoms with Gasteiger partial charge in [-0.15, -0.1) is 0 Å². The lowest BCUT2D eigenvalue weighted by Gasteiger charge is -2.27. The minimum absolute atomic E-state index is 0.0606. The Labute approximate surface area is 172 Å². The lowest BCUT2D eigenvalue weighted by molar-refractivity contribution is -0.129. The van der Waals surface area contributed by atoms with E-state index < -0.39 is 0 Å². The van der Waals surface area contributed by atoms with E-state index in [1.165, 1.54) is 0 Å². The molecule has 2 bridgehead atoms. The van der Waals surface area contributed by atoms with Crippen molar-refractivity contribution >= 4 is 23.2 Å². The quantitative estimate of drug-likeness (QED) is 0.729. The number of nitrogens with one attached hydrogen (secondary N) is 2. The predicted molar refractivity (Wildman–Crippen MR) is 117 cm³/mol. The lowest BCUT2D eigenvalue weighted by atomic mass is 9.81. The molecule has 2 aromatic carbocycles. The molecule has 0 heterocycles. The van der Waals surface area contributed by atoms with Gasteiger partial charge in [-0.2, -0.15) is 0 Å². The minimum atomic E-state index is -0.337. The van der Waals surface area contributed by atoms with Gasteiger partial charge >= 0.3 is 0 Å². The molecule has 2 aliphatic carbocycles. The predicted octanol–water partition coefficient (Wildman–Crippen LogP) is 4.94. The van der Waals surface area contributed by atoms with Gasteiger partial charge in [0, 0.05) is 11.4 Å². The molecule has 4 rings (SSSR count). The second-order valence-electron chi connectivity index (χ2n) is 8.62. The van der Waals surface area contributed by atoms with Gasteiger partial charge in [-0.3, -0.25) is 9.59 Å². The first-order valence-electron chi connectivity index (χ1n) is 10.3. The van der Waals surface area contributed by atoms with E-state index >= 15 is 0 Å². The summed E-state index contributed by atoms with van der Waals surface area (Å²) in [5.41, 5.74) is 6.03. The fourth-order valence-corrected chi connectivity index (χ4v) is 4.88. The van der Waals surface area contributed by atoms with Crippen LogP contribution in [0, 0.1) is 51.4 Å². The Morgan fingerprint density at radius 1 is 0.724 bits per heavy atom. The zero-order valence-corrected chi connectivity index (χ0v) is 17.5. The summed E-state index contributed by atoms with van der Waals surface area (Å²) in [7, 11) is 0. The zero-order valence-electron chi connectivity index (χ0n) is 17.5. The largest absolute Gasteiger partial charge is 0.326 e. The van der Waals surface area contributed by atoms with Gasteiger partial charge < -0.3 is 10.6 Å². The van der Waals surface area contributed by atoms with E-state index in [4.69, 9.17) is 0 Å². The fourth-order valence-electron chi connectivity index (χ4n) is 4.88. The molecule has 2 amide bonds. The van der Waals surface area contributed by atoms with Crippen LogP contribution in [0.3, 0.4) is 0 Å². The minimum Gasteiger partial charge on any atom is -0.326 e. The van der Waals surface area contributed by atoms with Crippen molar-refractivity contribution in [2.45, 2.75) is 34.1 Å². The summed E-state index contributed by atoms with van der Waals surface area (Å²) >= 11 is 0. The third-order valence-electron chi connectivity index (χ3n) is 6.34. The van der Waals surface area contributed by atoms with Gasteiger partial charge in [0.2, 0.25) is 11.8 Å². The van der Waals surface area contributed by atoms with Gasteiger partial charge in [-0.25, -0.2) is 0 Å². The highest BCUT2D eigenvalue weighted by Gasteiger charge is 2.51. The first kappa shape index (κ1) is 19.4. The normalized spacial score (nSPS) is 24.6. The molecular weight excluding hydrogens is 360 g/mol. The number of anilines is 2. The Hall–Kier alpha value is -2.88. The average Bonchev–Trinajstić information content (AvgIpc) is 3.27. The van der Waals surface area contributed by atoms with Crippen molar-refractivity contribution < 1.29 is 9.59 Å². The number of allylic oxidation sites excluding steroid dienone is 2. The molecule has 150 valence electrons. The third kappa shape index (κ3) is 3.71. The van der Waals surface area contributed by atoms with Crippen LogP contribution in [0.4, 0.5) is 11.4 Å². The van der Waals surface area contributed by atoms with Gasteiger partial charge in [-0.05, 0) is 69.2 Å². The van der Waals surface area contributed by atoms with Crippen LogP contribution in [0.25, 0.3) is 0 Å². The summed E-state index contributed by atoms with van der Waals surface area (Å²) in [5.74, 6) is -0.543. The first-order chi connectivity index (χ1) is 13.8. The van der Waals surface area contributed by atoms with Crippen molar-refractivity contribution in [2.75, 3.05) is 10.6 Å². The SMILES string of the molecule is Cc1ccc(NC(=O)[C@@H]2[C@H](C(=O)Nc3ccc(C)cc3C)[C@H]3C=C[C@H]2C3)c(C)c1. The zero-order chi connectivity index (χ0) is 20.7. The van der Waals surface area contributed by atoms with E-state index in [2.05, 4.69) is 34.9 Å². The van der Waals surface area contributed by atoms with Crippen LogP contribution in [0.5, 0.6) is 0 Å². The van der Waals surface area contributed by atoms with Gasteiger partial charge in [0.25, 0.3) is 0 Å². The molecule has 29 heavy (non-hydrogen) atoms. The molecule has 4 heteroatoms. The van der Waals surface area contributed by atoms with Crippen LogP contribution in [0.15, 0.2) is 48.6 Å². The molecule has 0 radical (unpaired) electrons.